The molecule has 0 bridgehead atoms. The van der Waals surface area contributed by atoms with E-state index in [0.29, 0.717) is 5.56 Å². The number of benzene rings is 1. The molecule has 0 spiro atoms. The third-order valence-corrected chi connectivity index (χ3v) is 4.74. The van der Waals surface area contributed by atoms with Crippen molar-refractivity contribution in [2.24, 2.45) is 0 Å². The van der Waals surface area contributed by atoms with Crippen LogP contribution in [0.25, 0.3) is 11.3 Å². The van der Waals surface area contributed by atoms with Crippen LogP contribution in [-0.2, 0) is 10.3 Å². The minimum atomic E-state index is -0.296. The van der Waals surface area contributed by atoms with Crippen LogP contribution in [0.2, 0.25) is 0 Å². The predicted molar refractivity (Wildman–Crippen MR) is 81.5 cm³/mol. The van der Waals surface area contributed by atoms with E-state index in [1.807, 2.05) is 23.6 Å². The van der Waals surface area contributed by atoms with Crippen molar-refractivity contribution < 1.29 is 4.74 Å². The van der Waals surface area contributed by atoms with Crippen LogP contribution in [0.5, 0.6) is 0 Å². The third kappa shape index (κ3) is 2.60. The maximum absolute atomic E-state index is 8.97. The lowest BCUT2D eigenvalue weighted by molar-refractivity contribution is -0.0218. The Morgan fingerprint density at radius 2 is 2.10 bits per heavy atom. The van der Waals surface area contributed by atoms with Crippen molar-refractivity contribution in [3.63, 3.8) is 0 Å². The quantitative estimate of drug-likeness (QED) is 0.821. The van der Waals surface area contributed by atoms with Gasteiger partial charge in [0.2, 0.25) is 0 Å². The zero-order chi connectivity index (χ0) is 14.6. The summed E-state index contributed by atoms with van der Waals surface area (Å²) in [6.07, 6.45) is 1.79. The zero-order valence-electron chi connectivity index (χ0n) is 12.0. The summed E-state index contributed by atoms with van der Waals surface area (Å²) >= 11 is 1.62. The molecule has 0 aliphatic heterocycles. The number of nitriles is 1. The van der Waals surface area contributed by atoms with Gasteiger partial charge in [-0.15, -0.1) is 11.3 Å². The van der Waals surface area contributed by atoms with Crippen molar-refractivity contribution in [1.82, 2.24) is 4.98 Å². The lowest BCUT2D eigenvalue weighted by atomic mass is 9.98. The smallest absolute Gasteiger partial charge is 0.125 e. The molecule has 0 fully saturated rings. The number of methoxy groups -OCH3 is 1. The molecular weight excluding hydrogens is 268 g/mol. The molecule has 0 atom stereocenters. The van der Waals surface area contributed by atoms with Crippen molar-refractivity contribution in [3.8, 4) is 17.3 Å². The predicted octanol–water partition coefficient (Wildman–Crippen LogP) is 4.34. The fraction of sp³-hybridized carbons (Fsp3) is 0.375. The van der Waals surface area contributed by atoms with E-state index in [4.69, 9.17) is 15.0 Å². The first-order chi connectivity index (χ1) is 9.69. The summed E-state index contributed by atoms with van der Waals surface area (Å²) in [7, 11) is 1.74. The summed E-state index contributed by atoms with van der Waals surface area (Å²) < 4.78 is 5.71. The summed E-state index contributed by atoms with van der Waals surface area (Å²) in [5, 5.41) is 12.0. The van der Waals surface area contributed by atoms with E-state index in [1.165, 1.54) is 0 Å². The van der Waals surface area contributed by atoms with Crippen LogP contribution in [0.3, 0.4) is 0 Å². The van der Waals surface area contributed by atoms with Crippen LogP contribution < -0.4 is 0 Å². The van der Waals surface area contributed by atoms with Crippen LogP contribution in [0, 0.1) is 11.3 Å². The first kappa shape index (κ1) is 14.7. The number of ether oxygens (including phenoxy) is 1. The molecule has 4 heteroatoms. The van der Waals surface area contributed by atoms with Crippen molar-refractivity contribution in [1.29, 1.82) is 5.26 Å². The molecule has 0 N–H and O–H groups in total. The topological polar surface area (TPSA) is 45.9 Å². The molecule has 0 amide bonds. The number of nitrogens with zero attached hydrogens (tertiary/aromatic N) is 2. The molecule has 2 rings (SSSR count). The SMILES string of the molecule is CCC(CC)(OC)c1nc(-c2cccc(C#N)c2)cs1. The van der Waals surface area contributed by atoms with Gasteiger partial charge >= 0.3 is 0 Å². The van der Waals surface area contributed by atoms with Gasteiger partial charge in [0.25, 0.3) is 0 Å². The number of aromatic nitrogens is 1. The number of hydrogen-bond donors (Lipinski definition) is 0. The Kier molecular flexibility index (Phi) is 4.53. The second kappa shape index (κ2) is 6.17. The summed E-state index contributed by atoms with van der Waals surface area (Å²) in [6.45, 7) is 4.23. The molecule has 1 aromatic heterocycles. The number of rotatable bonds is 5. The van der Waals surface area contributed by atoms with Crippen molar-refractivity contribution in [3.05, 3.63) is 40.2 Å². The Morgan fingerprint density at radius 1 is 1.35 bits per heavy atom. The average molecular weight is 286 g/mol. The van der Waals surface area contributed by atoms with Gasteiger partial charge in [0.05, 0.1) is 17.3 Å². The van der Waals surface area contributed by atoms with Crippen molar-refractivity contribution in [2.75, 3.05) is 7.11 Å². The van der Waals surface area contributed by atoms with Crippen LogP contribution in [0.15, 0.2) is 29.6 Å². The molecule has 0 saturated carbocycles. The van der Waals surface area contributed by atoms with E-state index in [-0.39, 0.29) is 5.60 Å². The van der Waals surface area contributed by atoms with E-state index in [9.17, 15) is 0 Å². The third-order valence-electron chi connectivity index (χ3n) is 3.71. The Hall–Kier alpha value is -1.70. The fourth-order valence-electron chi connectivity index (χ4n) is 2.29. The molecule has 2 aromatic rings. The van der Waals surface area contributed by atoms with Crippen LogP contribution >= 0.6 is 11.3 Å². The van der Waals surface area contributed by atoms with Crippen molar-refractivity contribution in [2.45, 2.75) is 32.3 Å². The second-order valence-corrected chi connectivity index (χ2v) is 5.49. The molecule has 0 saturated heterocycles. The fourth-order valence-corrected chi connectivity index (χ4v) is 3.44. The van der Waals surface area contributed by atoms with Gasteiger partial charge in [0, 0.05) is 18.1 Å². The standard InChI is InChI=1S/C16H18N2OS/c1-4-16(5-2,19-3)15-18-14(11-20-15)13-8-6-7-12(9-13)10-17/h6-9,11H,4-5H2,1-3H3. The Morgan fingerprint density at radius 3 is 2.70 bits per heavy atom. The highest BCUT2D eigenvalue weighted by atomic mass is 32.1. The monoisotopic (exact) mass is 286 g/mol. The highest BCUT2D eigenvalue weighted by Crippen LogP contribution is 2.36. The van der Waals surface area contributed by atoms with Crippen LogP contribution in [0.1, 0.15) is 37.3 Å². The van der Waals surface area contributed by atoms with E-state index in [1.54, 1.807) is 24.5 Å². The molecule has 3 nitrogen and oxygen atoms in total. The minimum absolute atomic E-state index is 0.296. The normalized spacial score (nSPS) is 11.3. The number of thiazole rings is 1. The maximum Gasteiger partial charge on any atom is 0.125 e. The first-order valence-corrected chi connectivity index (χ1v) is 7.58. The second-order valence-electron chi connectivity index (χ2n) is 4.64. The van der Waals surface area contributed by atoms with Gasteiger partial charge < -0.3 is 4.74 Å². The summed E-state index contributed by atoms with van der Waals surface area (Å²) in [6, 6.07) is 9.69. The lowest BCUT2D eigenvalue weighted by Gasteiger charge is -2.27. The van der Waals surface area contributed by atoms with E-state index >= 15 is 0 Å². The average Bonchev–Trinajstić information content (AvgIpc) is 3.00. The summed E-state index contributed by atoms with van der Waals surface area (Å²) in [4.78, 5) is 4.73. The molecule has 0 radical (unpaired) electrons. The zero-order valence-corrected chi connectivity index (χ0v) is 12.8. The largest absolute Gasteiger partial charge is 0.371 e. The first-order valence-electron chi connectivity index (χ1n) is 6.70. The minimum Gasteiger partial charge on any atom is -0.371 e. The molecule has 0 unspecified atom stereocenters. The Balaban J connectivity index is 2.40. The highest BCUT2D eigenvalue weighted by molar-refractivity contribution is 7.10. The molecule has 104 valence electrons. The molecule has 1 aromatic carbocycles. The van der Waals surface area contributed by atoms with E-state index < -0.39 is 0 Å². The van der Waals surface area contributed by atoms with Gasteiger partial charge in [-0.05, 0) is 25.0 Å². The van der Waals surface area contributed by atoms with Gasteiger partial charge in [-0.25, -0.2) is 4.98 Å². The van der Waals surface area contributed by atoms with Gasteiger partial charge in [0.1, 0.15) is 10.6 Å². The molecule has 20 heavy (non-hydrogen) atoms. The van der Waals surface area contributed by atoms with Gasteiger partial charge in [-0.3, -0.25) is 0 Å². The Labute approximate surface area is 123 Å². The molecule has 1 heterocycles. The van der Waals surface area contributed by atoms with E-state index in [2.05, 4.69) is 19.9 Å². The van der Waals surface area contributed by atoms with Gasteiger partial charge in [-0.2, -0.15) is 5.26 Å². The summed E-state index contributed by atoms with van der Waals surface area (Å²) in [5.41, 5.74) is 2.24. The van der Waals surface area contributed by atoms with Crippen LogP contribution in [0.4, 0.5) is 0 Å². The molecular formula is C16H18N2OS. The van der Waals surface area contributed by atoms with Gasteiger partial charge in [-0.1, -0.05) is 26.0 Å². The van der Waals surface area contributed by atoms with Crippen LogP contribution in [-0.4, -0.2) is 12.1 Å². The maximum atomic E-state index is 8.97. The Bertz CT molecular complexity index is 615. The lowest BCUT2D eigenvalue weighted by Crippen LogP contribution is -2.26. The number of hydrogen-bond acceptors (Lipinski definition) is 4. The molecule has 0 aliphatic rings. The van der Waals surface area contributed by atoms with Crippen molar-refractivity contribution >= 4 is 11.3 Å². The van der Waals surface area contributed by atoms with E-state index in [0.717, 1.165) is 29.1 Å². The van der Waals surface area contributed by atoms with Gasteiger partial charge in [0.15, 0.2) is 0 Å². The summed E-state index contributed by atoms with van der Waals surface area (Å²) in [5.74, 6) is 0. The molecule has 0 aliphatic carbocycles. The highest BCUT2D eigenvalue weighted by Gasteiger charge is 2.31.